The zero-order chi connectivity index (χ0) is 21.3. The van der Waals surface area contributed by atoms with Crippen molar-refractivity contribution in [2.24, 2.45) is 5.92 Å². The molecule has 0 spiro atoms. The number of hydrogen-bond acceptors (Lipinski definition) is 1. The van der Waals surface area contributed by atoms with Crippen LogP contribution in [-0.2, 0) is 6.42 Å². The third-order valence-corrected chi connectivity index (χ3v) is 6.21. The molecule has 4 rings (SSSR count). The lowest BCUT2D eigenvalue weighted by Gasteiger charge is -2.27. The second-order valence-electron chi connectivity index (χ2n) is 8.41. The molecule has 0 bridgehead atoms. The predicted molar refractivity (Wildman–Crippen MR) is 133 cm³/mol. The summed E-state index contributed by atoms with van der Waals surface area (Å²) in [4.78, 5) is 0. The molecular weight excluding hydrogens is 374 g/mol. The van der Waals surface area contributed by atoms with Gasteiger partial charge in [-0.25, -0.2) is 0 Å². The summed E-state index contributed by atoms with van der Waals surface area (Å²) in [5, 5.41) is 3.67. The molecule has 1 nitrogen and oxygen atoms in total. The highest BCUT2D eigenvalue weighted by Gasteiger charge is 2.21. The van der Waals surface area contributed by atoms with Gasteiger partial charge in [-0.1, -0.05) is 85.5 Å². The van der Waals surface area contributed by atoms with Crippen molar-refractivity contribution in [3.63, 3.8) is 0 Å². The van der Waals surface area contributed by atoms with E-state index in [1.165, 1.54) is 28.0 Å². The van der Waals surface area contributed by atoms with Gasteiger partial charge in [-0.05, 0) is 79.4 Å². The van der Waals surface area contributed by atoms with Crippen LogP contribution in [0.2, 0.25) is 0 Å². The highest BCUT2D eigenvalue weighted by Crippen LogP contribution is 2.37. The third kappa shape index (κ3) is 5.76. The first-order valence-electron chi connectivity index (χ1n) is 11.6. The first-order valence-corrected chi connectivity index (χ1v) is 11.6. The summed E-state index contributed by atoms with van der Waals surface area (Å²) in [7, 11) is 0. The van der Waals surface area contributed by atoms with Crippen LogP contribution in [0.1, 0.15) is 44.1 Å². The molecule has 1 heteroatoms. The van der Waals surface area contributed by atoms with Crippen LogP contribution in [0.5, 0.6) is 0 Å². The summed E-state index contributed by atoms with van der Waals surface area (Å²) in [6, 6.07) is 10.7. The second-order valence-corrected chi connectivity index (χ2v) is 8.41. The van der Waals surface area contributed by atoms with Crippen molar-refractivity contribution in [3.8, 4) is 0 Å². The van der Waals surface area contributed by atoms with Crippen LogP contribution < -0.4 is 5.32 Å². The van der Waals surface area contributed by atoms with Gasteiger partial charge >= 0.3 is 0 Å². The summed E-state index contributed by atoms with van der Waals surface area (Å²) in [5.74, 6) is 0.461. The van der Waals surface area contributed by atoms with E-state index >= 15 is 0 Å². The number of rotatable bonds is 8. The minimum atomic E-state index is 0.461. The normalized spacial score (nSPS) is 21.0. The van der Waals surface area contributed by atoms with E-state index in [-0.39, 0.29) is 0 Å². The van der Waals surface area contributed by atoms with Crippen LogP contribution in [0.3, 0.4) is 0 Å². The molecule has 31 heavy (non-hydrogen) atoms. The standard InChI is InChI=1S/C30H33N/c1-2-27(20-12-15-24-13-6-3-7-14-24)31-28-21-22-29(25-16-8-4-9-17-25)30(23-28)26-18-10-5-11-19-26/h2-3,5-8,10-11,13-14,16-18,20,23,26,31H,1,4,9,12,15,19,21-22H2/b27-20+. The van der Waals surface area contributed by atoms with E-state index in [0.29, 0.717) is 5.92 Å². The Morgan fingerprint density at radius 1 is 1.06 bits per heavy atom. The summed E-state index contributed by atoms with van der Waals surface area (Å²) in [5.41, 5.74) is 8.22. The minimum Gasteiger partial charge on any atom is -0.359 e. The van der Waals surface area contributed by atoms with Crippen LogP contribution in [0.4, 0.5) is 0 Å². The fourth-order valence-electron chi connectivity index (χ4n) is 4.55. The second kappa shape index (κ2) is 10.8. The number of hydrogen-bond donors (Lipinski definition) is 1. The fourth-order valence-corrected chi connectivity index (χ4v) is 4.55. The Kier molecular flexibility index (Phi) is 7.39. The molecule has 0 aliphatic heterocycles. The number of aryl methyl sites for hydroxylation is 1. The minimum absolute atomic E-state index is 0.461. The van der Waals surface area contributed by atoms with E-state index in [1.807, 2.05) is 6.08 Å². The van der Waals surface area contributed by atoms with Gasteiger partial charge in [-0.2, -0.15) is 0 Å². The van der Waals surface area contributed by atoms with E-state index in [1.54, 1.807) is 0 Å². The van der Waals surface area contributed by atoms with Gasteiger partial charge in [0.15, 0.2) is 0 Å². The first kappa shape index (κ1) is 21.2. The molecule has 1 aromatic carbocycles. The average Bonchev–Trinajstić information content (AvgIpc) is 2.85. The molecule has 1 atom stereocenters. The molecule has 0 aromatic heterocycles. The molecule has 1 aromatic rings. The maximum Gasteiger partial charge on any atom is 0.0335 e. The Morgan fingerprint density at radius 3 is 2.71 bits per heavy atom. The van der Waals surface area contributed by atoms with Crippen molar-refractivity contribution in [3.05, 3.63) is 131 Å². The van der Waals surface area contributed by atoms with Gasteiger partial charge in [0.25, 0.3) is 0 Å². The van der Waals surface area contributed by atoms with E-state index in [4.69, 9.17) is 0 Å². The molecule has 1 N–H and O–H groups in total. The van der Waals surface area contributed by atoms with Crippen LogP contribution in [0, 0.1) is 5.92 Å². The fraction of sp³-hybridized carbons (Fsp3) is 0.267. The van der Waals surface area contributed by atoms with Crippen molar-refractivity contribution < 1.29 is 0 Å². The van der Waals surface area contributed by atoms with Crippen molar-refractivity contribution in [1.29, 1.82) is 0 Å². The van der Waals surface area contributed by atoms with Crippen LogP contribution in [0.25, 0.3) is 0 Å². The van der Waals surface area contributed by atoms with E-state index in [0.717, 1.165) is 50.6 Å². The lowest BCUT2D eigenvalue weighted by atomic mass is 9.80. The molecular formula is C30H33N. The summed E-state index contributed by atoms with van der Waals surface area (Å²) < 4.78 is 0. The lowest BCUT2D eigenvalue weighted by Crippen LogP contribution is -2.18. The van der Waals surface area contributed by atoms with Gasteiger partial charge in [-0.15, -0.1) is 0 Å². The predicted octanol–water partition coefficient (Wildman–Crippen LogP) is 7.66. The molecule has 1 unspecified atom stereocenters. The maximum absolute atomic E-state index is 4.04. The molecule has 0 saturated carbocycles. The number of benzene rings is 1. The van der Waals surface area contributed by atoms with Crippen LogP contribution >= 0.6 is 0 Å². The zero-order valence-corrected chi connectivity index (χ0v) is 18.4. The summed E-state index contributed by atoms with van der Waals surface area (Å²) in [6.07, 6.45) is 30.3. The Morgan fingerprint density at radius 2 is 1.97 bits per heavy atom. The quantitative estimate of drug-likeness (QED) is 0.436. The van der Waals surface area contributed by atoms with Crippen molar-refractivity contribution in [2.75, 3.05) is 0 Å². The smallest absolute Gasteiger partial charge is 0.0335 e. The van der Waals surface area contributed by atoms with Crippen LogP contribution in [-0.4, -0.2) is 0 Å². The molecule has 3 aliphatic carbocycles. The van der Waals surface area contributed by atoms with Crippen LogP contribution in [0.15, 0.2) is 126 Å². The van der Waals surface area contributed by atoms with Gasteiger partial charge in [0.2, 0.25) is 0 Å². The molecule has 3 aliphatic rings. The molecule has 0 radical (unpaired) electrons. The van der Waals surface area contributed by atoms with Gasteiger partial charge < -0.3 is 5.32 Å². The monoisotopic (exact) mass is 407 g/mol. The first-order chi connectivity index (χ1) is 15.3. The zero-order valence-electron chi connectivity index (χ0n) is 18.4. The van der Waals surface area contributed by atoms with E-state index in [9.17, 15) is 0 Å². The Balaban J connectivity index is 1.52. The third-order valence-electron chi connectivity index (χ3n) is 6.21. The molecule has 0 fully saturated rings. The van der Waals surface area contributed by atoms with Crippen molar-refractivity contribution >= 4 is 0 Å². The maximum atomic E-state index is 4.04. The lowest BCUT2D eigenvalue weighted by molar-refractivity contribution is 0.728. The van der Waals surface area contributed by atoms with Gasteiger partial charge in [-0.3, -0.25) is 0 Å². The largest absolute Gasteiger partial charge is 0.359 e. The highest BCUT2D eigenvalue weighted by molar-refractivity contribution is 5.52. The summed E-state index contributed by atoms with van der Waals surface area (Å²) >= 11 is 0. The van der Waals surface area contributed by atoms with Crippen molar-refractivity contribution in [2.45, 2.75) is 44.9 Å². The molecule has 0 amide bonds. The highest BCUT2D eigenvalue weighted by atomic mass is 14.9. The Hall–Kier alpha value is -3.06. The average molecular weight is 408 g/mol. The van der Waals surface area contributed by atoms with Gasteiger partial charge in [0.1, 0.15) is 0 Å². The molecule has 0 saturated heterocycles. The van der Waals surface area contributed by atoms with Gasteiger partial charge in [0.05, 0.1) is 0 Å². The molecule has 158 valence electrons. The SMILES string of the molecule is C=C/C(=C\CCc1ccccc1)NC1=CC(C2C=CC=CC2)=C(C2=CCCC=C2)CC1. The van der Waals surface area contributed by atoms with E-state index < -0.39 is 0 Å². The van der Waals surface area contributed by atoms with Gasteiger partial charge in [0, 0.05) is 17.3 Å². The van der Waals surface area contributed by atoms with E-state index in [2.05, 4.69) is 96.9 Å². The topological polar surface area (TPSA) is 12.0 Å². The number of nitrogens with one attached hydrogen (secondary N) is 1. The Bertz CT molecular complexity index is 992. The Labute approximate surface area is 187 Å². The van der Waals surface area contributed by atoms with Crippen molar-refractivity contribution in [1.82, 2.24) is 5.32 Å². The molecule has 0 heterocycles. The number of allylic oxidation sites excluding steroid dienone is 14. The summed E-state index contributed by atoms with van der Waals surface area (Å²) in [6.45, 7) is 4.04.